The Labute approximate surface area is 72.0 Å². The van der Waals surface area contributed by atoms with Gasteiger partial charge in [-0.25, -0.2) is 4.98 Å². The molecular formula is C9H14N2O. The minimum Gasteiger partial charge on any atom is -0.445 e. The van der Waals surface area contributed by atoms with E-state index < -0.39 is 0 Å². The lowest BCUT2D eigenvalue weighted by Crippen LogP contribution is -2.02. The van der Waals surface area contributed by atoms with E-state index in [0.717, 1.165) is 23.8 Å². The predicted octanol–water partition coefficient (Wildman–Crippen LogP) is 1.36. The SMILES string of the molecule is Cc1nc(CCN)oc1C1CC1. The highest BCUT2D eigenvalue weighted by Crippen LogP contribution is 2.41. The fourth-order valence-electron chi connectivity index (χ4n) is 1.42. The van der Waals surface area contributed by atoms with Crippen LogP contribution in [0.4, 0.5) is 0 Å². The second-order valence-electron chi connectivity index (χ2n) is 3.37. The van der Waals surface area contributed by atoms with Crippen LogP contribution >= 0.6 is 0 Å². The van der Waals surface area contributed by atoms with Gasteiger partial charge in [-0.3, -0.25) is 0 Å². The van der Waals surface area contributed by atoms with Crippen LogP contribution in [-0.2, 0) is 6.42 Å². The number of nitrogens with two attached hydrogens (primary N) is 1. The number of nitrogens with zero attached hydrogens (tertiary/aromatic N) is 1. The molecule has 3 nitrogen and oxygen atoms in total. The Morgan fingerprint density at radius 2 is 2.33 bits per heavy atom. The van der Waals surface area contributed by atoms with Crippen molar-refractivity contribution < 1.29 is 4.42 Å². The first-order chi connectivity index (χ1) is 5.81. The van der Waals surface area contributed by atoms with E-state index in [1.54, 1.807) is 0 Å². The number of rotatable bonds is 3. The van der Waals surface area contributed by atoms with E-state index in [0.29, 0.717) is 12.5 Å². The standard InChI is InChI=1S/C9H14N2O/c1-6-9(7-2-3-7)12-8(11-6)4-5-10/h7H,2-5,10H2,1H3. The fourth-order valence-corrected chi connectivity index (χ4v) is 1.42. The first-order valence-corrected chi connectivity index (χ1v) is 4.47. The van der Waals surface area contributed by atoms with Gasteiger partial charge in [0.1, 0.15) is 5.76 Å². The van der Waals surface area contributed by atoms with Gasteiger partial charge in [-0.05, 0) is 19.8 Å². The van der Waals surface area contributed by atoms with Gasteiger partial charge in [0.2, 0.25) is 0 Å². The summed E-state index contributed by atoms with van der Waals surface area (Å²) in [5, 5.41) is 0. The van der Waals surface area contributed by atoms with Crippen molar-refractivity contribution in [2.45, 2.75) is 32.1 Å². The quantitative estimate of drug-likeness (QED) is 0.737. The van der Waals surface area contributed by atoms with Gasteiger partial charge in [0.25, 0.3) is 0 Å². The highest BCUT2D eigenvalue weighted by Gasteiger charge is 2.29. The summed E-state index contributed by atoms with van der Waals surface area (Å²) in [4.78, 5) is 4.31. The Hall–Kier alpha value is -0.830. The molecule has 1 fully saturated rings. The smallest absolute Gasteiger partial charge is 0.195 e. The van der Waals surface area contributed by atoms with Crippen LogP contribution in [0.2, 0.25) is 0 Å². The molecule has 1 heterocycles. The van der Waals surface area contributed by atoms with E-state index in [9.17, 15) is 0 Å². The van der Waals surface area contributed by atoms with Gasteiger partial charge < -0.3 is 10.2 Å². The number of oxazole rings is 1. The normalized spacial score (nSPS) is 16.8. The summed E-state index contributed by atoms with van der Waals surface area (Å²) in [6.07, 6.45) is 3.28. The van der Waals surface area contributed by atoms with E-state index in [1.807, 2.05) is 6.92 Å². The molecule has 0 saturated heterocycles. The van der Waals surface area contributed by atoms with Crippen molar-refractivity contribution in [1.82, 2.24) is 4.98 Å². The Morgan fingerprint density at radius 3 is 2.92 bits per heavy atom. The molecule has 1 aliphatic rings. The molecule has 0 unspecified atom stereocenters. The average Bonchev–Trinajstić information content (AvgIpc) is 2.79. The third kappa shape index (κ3) is 1.37. The molecule has 1 aromatic rings. The van der Waals surface area contributed by atoms with Gasteiger partial charge in [-0.15, -0.1) is 0 Å². The molecule has 0 radical (unpaired) electrons. The number of hydrogen-bond acceptors (Lipinski definition) is 3. The zero-order valence-corrected chi connectivity index (χ0v) is 7.34. The maximum atomic E-state index is 5.59. The number of hydrogen-bond donors (Lipinski definition) is 1. The van der Waals surface area contributed by atoms with Crippen molar-refractivity contribution in [3.05, 3.63) is 17.3 Å². The lowest BCUT2D eigenvalue weighted by Gasteiger charge is -1.90. The Bertz CT molecular complexity index is 276. The van der Waals surface area contributed by atoms with Crippen LogP contribution in [0, 0.1) is 6.92 Å². The van der Waals surface area contributed by atoms with E-state index >= 15 is 0 Å². The first kappa shape index (κ1) is 7.80. The second-order valence-corrected chi connectivity index (χ2v) is 3.37. The van der Waals surface area contributed by atoms with Crippen molar-refractivity contribution in [1.29, 1.82) is 0 Å². The molecule has 0 aromatic carbocycles. The van der Waals surface area contributed by atoms with Crippen LogP contribution in [-0.4, -0.2) is 11.5 Å². The van der Waals surface area contributed by atoms with Gasteiger partial charge in [-0.2, -0.15) is 0 Å². The molecule has 12 heavy (non-hydrogen) atoms. The van der Waals surface area contributed by atoms with E-state index in [2.05, 4.69) is 4.98 Å². The van der Waals surface area contributed by atoms with Crippen LogP contribution < -0.4 is 5.73 Å². The largest absolute Gasteiger partial charge is 0.445 e. The highest BCUT2D eigenvalue weighted by atomic mass is 16.4. The molecular weight excluding hydrogens is 152 g/mol. The van der Waals surface area contributed by atoms with Crippen molar-refractivity contribution in [3.8, 4) is 0 Å². The molecule has 2 N–H and O–H groups in total. The van der Waals surface area contributed by atoms with Crippen molar-refractivity contribution in [2.75, 3.05) is 6.54 Å². The fraction of sp³-hybridized carbons (Fsp3) is 0.667. The van der Waals surface area contributed by atoms with Crippen LogP contribution in [0.15, 0.2) is 4.42 Å². The van der Waals surface area contributed by atoms with Gasteiger partial charge in [-0.1, -0.05) is 0 Å². The number of aryl methyl sites for hydroxylation is 1. The molecule has 1 saturated carbocycles. The summed E-state index contributed by atoms with van der Waals surface area (Å²) in [5.41, 5.74) is 6.47. The topological polar surface area (TPSA) is 52.0 Å². The predicted molar refractivity (Wildman–Crippen MR) is 46.0 cm³/mol. The third-order valence-corrected chi connectivity index (χ3v) is 2.18. The number of aromatic nitrogens is 1. The summed E-state index contributed by atoms with van der Waals surface area (Å²) in [7, 11) is 0. The molecule has 66 valence electrons. The monoisotopic (exact) mass is 166 g/mol. The maximum Gasteiger partial charge on any atom is 0.195 e. The van der Waals surface area contributed by atoms with Crippen LogP contribution in [0.25, 0.3) is 0 Å². The van der Waals surface area contributed by atoms with Crippen molar-refractivity contribution >= 4 is 0 Å². The molecule has 0 spiro atoms. The van der Waals surface area contributed by atoms with E-state index in [4.69, 9.17) is 10.2 Å². The third-order valence-electron chi connectivity index (χ3n) is 2.18. The minimum absolute atomic E-state index is 0.615. The Balaban J connectivity index is 2.18. The van der Waals surface area contributed by atoms with Gasteiger partial charge in [0, 0.05) is 18.9 Å². The molecule has 3 heteroatoms. The Morgan fingerprint density at radius 1 is 1.58 bits per heavy atom. The van der Waals surface area contributed by atoms with Crippen molar-refractivity contribution in [3.63, 3.8) is 0 Å². The molecule has 1 aromatic heterocycles. The van der Waals surface area contributed by atoms with Crippen LogP contribution in [0.5, 0.6) is 0 Å². The first-order valence-electron chi connectivity index (χ1n) is 4.47. The maximum absolute atomic E-state index is 5.59. The zero-order valence-electron chi connectivity index (χ0n) is 7.34. The summed E-state index contributed by atoms with van der Waals surface area (Å²) < 4.78 is 5.59. The van der Waals surface area contributed by atoms with Crippen LogP contribution in [0.1, 0.15) is 36.1 Å². The summed E-state index contributed by atoms with van der Waals surface area (Å²) in [6.45, 7) is 2.63. The average molecular weight is 166 g/mol. The van der Waals surface area contributed by atoms with E-state index in [-0.39, 0.29) is 0 Å². The molecule has 0 atom stereocenters. The Kier molecular flexibility index (Phi) is 1.89. The van der Waals surface area contributed by atoms with Crippen LogP contribution in [0.3, 0.4) is 0 Å². The molecule has 0 bridgehead atoms. The molecule has 2 rings (SSSR count). The minimum atomic E-state index is 0.615. The van der Waals surface area contributed by atoms with Gasteiger partial charge >= 0.3 is 0 Å². The molecule has 0 amide bonds. The lowest BCUT2D eigenvalue weighted by atomic mass is 10.3. The molecule has 1 aliphatic carbocycles. The second kappa shape index (κ2) is 2.90. The van der Waals surface area contributed by atoms with Gasteiger partial charge in [0.15, 0.2) is 5.89 Å². The van der Waals surface area contributed by atoms with E-state index in [1.165, 1.54) is 12.8 Å². The summed E-state index contributed by atoms with van der Waals surface area (Å²) >= 11 is 0. The summed E-state index contributed by atoms with van der Waals surface area (Å²) in [6, 6.07) is 0. The van der Waals surface area contributed by atoms with Gasteiger partial charge in [0.05, 0.1) is 5.69 Å². The lowest BCUT2D eigenvalue weighted by molar-refractivity contribution is 0.456. The zero-order chi connectivity index (χ0) is 8.55. The molecule has 0 aliphatic heterocycles. The van der Waals surface area contributed by atoms with Crippen molar-refractivity contribution in [2.24, 2.45) is 5.73 Å². The summed E-state index contributed by atoms with van der Waals surface area (Å²) in [5.74, 6) is 2.55. The highest BCUT2D eigenvalue weighted by molar-refractivity contribution is 5.17.